The molecule has 0 bridgehead atoms. The van der Waals surface area contributed by atoms with Crippen LogP contribution < -0.4 is 4.74 Å². The fraction of sp³-hybridized carbons (Fsp3) is 0.167. The zero-order chi connectivity index (χ0) is 17.6. The molecular formula is C18H16N2O4S. The zero-order valence-corrected chi connectivity index (χ0v) is 14.3. The minimum Gasteiger partial charge on any atom is -0.427 e. The molecule has 0 aliphatic rings. The molecule has 25 heavy (non-hydrogen) atoms. The smallest absolute Gasteiger partial charge is 0.321 e. The average molecular weight is 356 g/mol. The normalized spacial score (nSPS) is 11.9. The Morgan fingerprint density at radius 1 is 1.12 bits per heavy atom. The minimum atomic E-state index is -0.618. The highest BCUT2D eigenvalue weighted by atomic mass is 32.2. The Kier molecular flexibility index (Phi) is 5.35. The van der Waals surface area contributed by atoms with Crippen molar-refractivity contribution in [1.29, 1.82) is 0 Å². The summed E-state index contributed by atoms with van der Waals surface area (Å²) in [5.74, 6) is -1.15. The number of rotatable bonds is 6. The van der Waals surface area contributed by atoms with Gasteiger partial charge in [-0.3, -0.25) is 9.59 Å². The first-order valence-corrected chi connectivity index (χ1v) is 8.45. The van der Waals surface area contributed by atoms with Crippen LogP contribution in [0.3, 0.4) is 0 Å². The third-order valence-corrected chi connectivity index (χ3v) is 4.02. The van der Waals surface area contributed by atoms with Crippen molar-refractivity contribution >= 4 is 35.0 Å². The van der Waals surface area contributed by atoms with Crippen LogP contribution in [0.15, 0.2) is 59.8 Å². The van der Waals surface area contributed by atoms with Gasteiger partial charge in [-0.2, -0.15) is 0 Å². The van der Waals surface area contributed by atoms with E-state index in [4.69, 9.17) is 8.92 Å². The number of ether oxygens (including phenoxy) is 1. The third-order valence-electron chi connectivity index (χ3n) is 3.42. The number of hydrogen-bond acceptors (Lipinski definition) is 6. The molecule has 0 saturated heterocycles. The van der Waals surface area contributed by atoms with Crippen molar-refractivity contribution in [2.75, 3.05) is 0 Å². The van der Waals surface area contributed by atoms with Gasteiger partial charge in [0.25, 0.3) is 0 Å². The summed E-state index contributed by atoms with van der Waals surface area (Å²) in [4.78, 5) is 31.2. The van der Waals surface area contributed by atoms with E-state index in [0.717, 1.165) is 23.1 Å². The standard InChI is InChI=1S/C18H16N2O4S/c1-12(11-16(21)23-13-7-3-2-4-8-13)17(22)24-25-18-19-14-9-5-6-10-15(14)20-18/h2-10,12H,11H2,1H3,(H,19,20). The van der Waals surface area contributed by atoms with Crippen molar-refractivity contribution in [3.63, 3.8) is 0 Å². The van der Waals surface area contributed by atoms with E-state index in [1.54, 1.807) is 31.2 Å². The molecule has 0 saturated carbocycles. The van der Waals surface area contributed by atoms with E-state index in [9.17, 15) is 9.59 Å². The van der Waals surface area contributed by atoms with Crippen LogP contribution in [-0.4, -0.2) is 21.9 Å². The van der Waals surface area contributed by atoms with E-state index in [1.807, 2.05) is 30.3 Å². The monoisotopic (exact) mass is 356 g/mol. The summed E-state index contributed by atoms with van der Waals surface area (Å²) in [7, 11) is 0. The molecule has 0 radical (unpaired) electrons. The first kappa shape index (κ1) is 17.0. The number of aromatic nitrogens is 2. The molecule has 7 heteroatoms. The Hall–Kier alpha value is -2.80. The Balaban J connectivity index is 1.49. The number of carbonyl (C=O) groups excluding carboxylic acids is 2. The van der Waals surface area contributed by atoms with Gasteiger partial charge < -0.3 is 13.9 Å². The maximum Gasteiger partial charge on any atom is 0.321 e. The molecule has 1 unspecified atom stereocenters. The topological polar surface area (TPSA) is 81.3 Å². The molecule has 0 spiro atoms. The van der Waals surface area contributed by atoms with E-state index in [0.29, 0.717) is 10.9 Å². The fourth-order valence-electron chi connectivity index (χ4n) is 2.13. The number of nitrogens with zero attached hydrogens (tertiary/aromatic N) is 1. The number of benzene rings is 2. The highest BCUT2D eigenvalue weighted by Crippen LogP contribution is 2.22. The van der Waals surface area contributed by atoms with E-state index < -0.39 is 17.9 Å². The van der Waals surface area contributed by atoms with Gasteiger partial charge in [-0.25, -0.2) is 4.98 Å². The lowest BCUT2D eigenvalue weighted by atomic mass is 10.1. The summed E-state index contributed by atoms with van der Waals surface area (Å²) < 4.78 is 10.3. The predicted octanol–water partition coefficient (Wildman–Crippen LogP) is 3.75. The van der Waals surface area contributed by atoms with Gasteiger partial charge in [-0.1, -0.05) is 37.3 Å². The second-order valence-electron chi connectivity index (χ2n) is 5.44. The third kappa shape index (κ3) is 4.60. The number of fused-ring (bicyclic) bond motifs is 1. The van der Waals surface area contributed by atoms with E-state index in [2.05, 4.69) is 9.97 Å². The van der Waals surface area contributed by atoms with E-state index in [-0.39, 0.29) is 6.42 Å². The molecule has 2 aromatic carbocycles. The SMILES string of the molecule is CC(CC(=O)Oc1ccccc1)C(=O)OSc1nc2ccccc2[nH]1. The molecule has 1 N–H and O–H groups in total. The van der Waals surface area contributed by atoms with Gasteiger partial charge in [0, 0.05) is 0 Å². The quantitative estimate of drug-likeness (QED) is 0.412. The molecule has 0 aliphatic heterocycles. The molecule has 1 aromatic heterocycles. The van der Waals surface area contributed by atoms with Gasteiger partial charge in [0.1, 0.15) is 17.8 Å². The van der Waals surface area contributed by atoms with Crippen molar-refractivity contribution < 1.29 is 18.5 Å². The molecule has 128 valence electrons. The van der Waals surface area contributed by atoms with E-state index >= 15 is 0 Å². The summed E-state index contributed by atoms with van der Waals surface area (Å²) >= 11 is 0.845. The Labute approximate surface area is 148 Å². The fourth-order valence-corrected chi connectivity index (χ4v) is 2.74. The minimum absolute atomic E-state index is 0.0611. The molecule has 0 aliphatic carbocycles. The molecule has 3 rings (SSSR count). The lowest BCUT2D eigenvalue weighted by Gasteiger charge is -2.09. The summed E-state index contributed by atoms with van der Waals surface area (Å²) in [5.41, 5.74) is 1.65. The van der Waals surface area contributed by atoms with Crippen molar-refractivity contribution in [1.82, 2.24) is 9.97 Å². The maximum absolute atomic E-state index is 12.0. The van der Waals surface area contributed by atoms with Gasteiger partial charge in [0.05, 0.1) is 23.4 Å². The number of H-pyrrole nitrogens is 1. The van der Waals surface area contributed by atoms with Gasteiger partial charge in [-0.05, 0) is 24.3 Å². The number of para-hydroxylation sites is 3. The van der Waals surface area contributed by atoms with Crippen molar-refractivity contribution in [2.24, 2.45) is 5.92 Å². The summed E-state index contributed by atoms with van der Waals surface area (Å²) in [6, 6.07) is 16.2. The largest absolute Gasteiger partial charge is 0.427 e. The highest BCUT2D eigenvalue weighted by molar-refractivity contribution is 7.94. The summed E-state index contributed by atoms with van der Waals surface area (Å²) in [6.45, 7) is 1.62. The number of nitrogens with one attached hydrogen (secondary N) is 1. The number of aromatic amines is 1. The van der Waals surface area contributed by atoms with Crippen LogP contribution in [0.25, 0.3) is 11.0 Å². The lowest BCUT2D eigenvalue weighted by molar-refractivity contribution is -0.143. The van der Waals surface area contributed by atoms with Gasteiger partial charge in [0.15, 0.2) is 0 Å². The first-order valence-electron chi connectivity index (χ1n) is 7.70. The van der Waals surface area contributed by atoms with Crippen LogP contribution in [0.5, 0.6) is 5.75 Å². The summed E-state index contributed by atoms with van der Waals surface area (Å²) in [5, 5.41) is 0.480. The number of carbonyl (C=O) groups is 2. The molecular weight excluding hydrogens is 340 g/mol. The lowest BCUT2D eigenvalue weighted by Crippen LogP contribution is -2.19. The molecule has 3 aromatic rings. The average Bonchev–Trinajstić information content (AvgIpc) is 3.03. The number of imidazole rings is 1. The van der Waals surface area contributed by atoms with Gasteiger partial charge in [-0.15, -0.1) is 0 Å². The van der Waals surface area contributed by atoms with Crippen molar-refractivity contribution in [3.05, 3.63) is 54.6 Å². The molecule has 0 fully saturated rings. The highest BCUT2D eigenvalue weighted by Gasteiger charge is 2.21. The van der Waals surface area contributed by atoms with Crippen LogP contribution in [0, 0.1) is 5.92 Å². The predicted molar refractivity (Wildman–Crippen MR) is 93.9 cm³/mol. The van der Waals surface area contributed by atoms with E-state index in [1.165, 1.54) is 0 Å². The Bertz CT molecular complexity index is 846. The number of hydrogen-bond donors (Lipinski definition) is 1. The molecule has 0 amide bonds. The van der Waals surface area contributed by atoms with Crippen LogP contribution >= 0.6 is 12.0 Å². The molecule has 1 atom stereocenters. The number of esters is 1. The Morgan fingerprint density at radius 2 is 1.84 bits per heavy atom. The van der Waals surface area contributed by atoms with Crippen LogP contribution in [0.1, 0.15) is 13.3 Å². The van der Waals surface area contributed by atoms with Crippen molar-refractivity contribution in [2.45, 2.75) is 18.5 Å². The van der Waals surface area contributed by atoms with Gasteiger partial charge >= 0.3 is 11.9 Å². The summed E-state index contributed by atoms with van der Waals surface area (Å²) in [6.07, 6.45) is -0.0611. The first-order chi connectivity index (χ1) is 12.1. The van der Waals surface area contributed by atoms with Crippen LogP contribution in [0.2, 0.25) is 0 Å². The van der Waals surface area contributed by atoms with Crippen molar-refractivity contribution in [3.8, 4) is 5.75 Å². The molecule has 1 heterocycles. The van der Waals surface area contributed by atoms with Crippen LogP contribution in [-0.2, 0) is 13.8 Å². The Morgan fingerprint density at radius 3 is 2.60 bits per heavy atom. The maximum atomic E-state index is 12.0. The second-order valence-corrected chi connectivity index (χ2v) is 6.16. The van der Waals surface area contributed by atoms with Crippen LogP contribution in [0.4, 0.5) is 0 Å². The zero-order valence-electron chi connectivity index (χ0n) is 13.5. The second kappa shape index (κ2) is 7.85. The van der Waals surface area contributed by atoms with Gasteiger partial charge in [0.2, 0.25) is 5.16 Å². The molecule has 6 nitrogen and oxygen atoms in total.